The van der Waals surface area contributed by atoms with E-state index < -0.39 is 0 Å². The van der Waals surface area contributed by atoms with Crippen LogP contribution < -0.4 is 10.1 Å². The zero-order valence-corrected chi connectivity index (χ0v) is 17.4. The Labute approximate surface area is 176 Å². The summed E-state index contributed by atoms with van der Waals surface area (Å²) in [6, 6.07) is 8.65. The molecule has 8 nitrogen and oxygen atoms in total. The number of aromatic amines is 1. The van der Waals surface area contributed by atoms with Gasteiger partial charge in [0.05, 0.1) is 12.3 Å². The maximum Gasteiger partial charge on any atom is 0.217 e. The molecule has 152 valence electrons. The van der Waals surface area contributed by atoms with Crippen LogP contribution >= 0.6 is 23.4 Å². The number of ether oxygens (including phenoxy) is 1. The summed E-state index contributed by atoms with van der Waals surface area (Å²) in [6.45, 7) is 3.77. The normalized spacial score (nSPS) is 10.7. The number of hydrogen-bond donors (Lipinski definition) is 2. The smallest absolute Gasteiger partial charge is 0.217 e. The number of amides is 1. The summed E-state index contributed by atoms with van der Waals surface area (Å²) in [5, 5.41) is 10.6. The number of aromatic nitrogens is 3. The van der Waals surface area contributed by atoms with E-state index in [-0.39, 0.29) is 36.4 Å². The Morgan fingerprint density at radius 3 is 2.90 bits per heavy atom. The third-order valence-electron chi connectivity index (χ3n) is 3.80. The fourth-order valence-corrected chi connectivity index (χ4v) is 3.11. The van der Waals surface area contributed by atoms with Crippen molar-refractivity contribution >= 4 is 35.1 Å². The molecular weight excluding hydrogens is 416 g/mol. The number of hydrogen-bond acceptors (Lipinski definition) is 7. The number of benzene rings is 1. The molecule has 0 saturated carbocycles. The lowest BCUT2D eigenvalue weighted by molar-refractivity contribution is -0.119. The van der Waals surface area contributed by atoms with Crippen molar-refractivity contribution in [2.75, 3.05) is 5.75 Å². The number of aryl methyl sites for hydroxylation is 1. The van der Waals surface area contributed by atoms with Crippen molar-refractivity contribution in [3.05, 3.63) is 58.3 Å². The number of nitrogens with one attached hydrogen (secondary N) is 2. The molecule has 0 unspecified atom stereocenters. The minimum absolute atomic E-state index is 0.127. The van der Waals surface area contributed by atoms with Crippen LogP contribution in [0.5, 0.6) is 5.75 Å². The minimum atomic E-state index is -0.191. The number of carbonyl (C=O) groups excluding carboxylic acids is 2. The molecule has 2 aromatic heterocycles. The molecule has 0 spiro atoms. The van der Waals surface area contributed by atoms with Gasteiger partial charge in [-0.25, -0.2) is 4.98 Å². The molecule has 2 heterocycles. The number of halogens is 1. The number of furan rings is 1. The number of Topliss-reactive ketones (excluding diaryl/α,β-unsaturated/α-hetero) is 1. The first kappa shape index (κ1) is 20.9. The van der Waals surface area contributed by atoms with Gasteiger partial charge in [0.25, 0.3) is 0 Å². The number of rotatable bonds is 9. The van der Waals surface area contributed by atoms with Crippen molar-refractivity contribution in [3.63, 3.8) is 0 Å². The predicted molar refractivity (Wildman–Crippen MR) is 108 cm³/mol. The van der Waals surface area contributed by atoms with Gasteiger partial charge in [-0.2, -0.15) is 0 Å². The quantitative estimate of drug-likeness (QED) is 0.391. The maximum absolute atomic E-state index is 12.2. The molecule has 0 saturated heterocycles. The van der Waals surface area contributed by atoms with Crippen LogP contribution in [0.1, 0.15) is 34.6 Å². The molecule has 0 aliphatic carbocycles. The summed E-state index contributed by atoms with van der Waals surface area (Å²) in [5.74, 6) is 1.74. The average molecular weight is 435 g/mol. The first-order chi connectivity index (χ1) is 13.9. The number of nitrogens with zero attached hydrogens (tertiary/aromatic N) is 2. The molecule has 1 amide bonds. The van der Waals surface area contributed by atoms with E-state index in [1.807, 2.05) is 13.0 Å². The number of H-pyrrole nitrogens is 1. The van der Waals surface area contributed by atoms with E-state index in [2.05, 4.69) is 20.5 Å². The SMILES string of the molecule is CC(=O)NCc1ccc(C(=O)CSc2n[nH]c(COc3ccc(Cl)c(C)c3)n2)o1. The van der Waals surface area contributed by atoms with Gasteiger partial charge in [-0.05, 0) is 42.8 Å². The molecule has 3 aromatic rings. The van der Waals surface area contributed by atoms with Crippen molar-refractivity contribution in [2.24, 2.45) is 0 Å². The van der Waals surface area contributed by atoms with E-state index in [1.165, 1.54) is 18.7 Å². The van der Waals surface area contributed by atoms with E-state index in [4.69, 9.17) is 20.8 Å². The van der Waals surface area contributed by atoms with E-state index in [9.17, 15) is 9.59 Å². The number of ketones is 1. The van der Waals surface area contributed by atoms with Gasteiger partial charge in [0, 0.05) is 11.9 Å². The van der Waals surface area contributed by atoms with Crippen molar-refractivity contribution in [1.29, 1.82) is 0 Å². The van der Waals surface area contributed by atoms with Crippen molar-refractivity contribution in [3.8, 4) is 5.75 Å². The van der Waals surface area contributed by atoms with Gasteiger partial charge < -0.3 is 14.5 Å². The van der Waals surface area contributed by atoms with E-state index in [1.54, 1.807) is 24.3 Å². The highest BCUT2D eigenvalue weighted by Crippen LogP contribution is 2.22. The van der Waals surface area contributed by atoms with Crippen molar-refractivity contribution in [2.45, 2.75) is 32.2 Å². The first-order valence-corrected chi connectivity index (χ1v) is 10.1. The average Bonchev–Trinajstić information content (AvgIpc) is 3.35. The molecule has 2 N–H and O–H groups in total. The summed E-state index contributed by atoms with van der Waals surface area (Å²) in [6.07, 6.45) is 0. The molecule has 0 atom stereocenters. The number of thioether (sulfide) groups is 1. The fraction of sp³-hybridized carbons (Fsp3) is 0.263. The van der Waals surface area contributed by atoms with Crippen LogP contribution in [0, 0.1) is 6.92 Å². The van der Waals surface area contributed by atoms with Crippen LogP contribution in [0.3, 0.4) is 0 Å². The van der Waals surface area contributed by atoms with Crippen LogP contribution in [0.25, 0.3) is 0 Å². The highest BCUT2D eigenvalue weighted by atomic mass is 35.5. The lowest BCUT2D eigenvalue weighted by Crippen LogP contribution is -2.18. The molecule has 0 bridgehead atoms. The second-order valence-electron chi connectivity index (χ2n) is 6.15. The lowest BCUT2D eigenvalue weighted by atomic mass is 10.2. The summed E-state index contributed by atoms with van der Waals surface area (Å²) in [5.41, 5.74) is 0.926. The standard InChI is InChI=1S/C19H19ClN4O4S/c1-11-7-13(3-5-15(11)20)27-9-18-22-19(24-23-18)29-10-16(26)17-6-4-14(28-17)8-21-12(2)25/h3-7H,8-10H2,1-2H3,(H,21,25)(H,22,23,24). The molecule has 0 aliphatic heterocycles. The number of carbonyl (C=O) groups is 2. The van der Waals surface area contributed by atoms with Crippen LogP contribution in [-0.4, -0.2) is 32.6 Å². The van der Waals surface area contributed by atoms with Crippen molar-refractivity contribution < 1.29 is 18.7 Å². The molecule has 0 radical (unpaired) electrons. The van der Waals surface area contributed by atoms with Gasteiger partial charge in [0.2, 0.25) is 16.8 Å². The first-order valence-electron chi connectivity index (χ1n) is 8.70. The van der Waals surface area contributed by atoms with Crippen LogP contribution in [0.4, 0.5) is 0 Å². The predicted octanol–water partition coefficient (Wildman–Crippen LogP) is 3.55. The maximum atomic E-state index is 12.2. The Balaban J connectivity index is 1.48. The van der Waals surface area contributed by atoms with Gasteiger partial charge >= 0.3 is 0 Å². The van der Waals surface area contributed by atoms with Gasteiger partial charge in [-0.1, -0.05) is 23.4 Å². The summed E-state index contributed by atoms with van der Waals surface area (Å²) >= 11 is 7.19. The highest BCUT2D eigenvalue weighted by molar-refractivity contribution is 7.99. The van der Waals surface area contributed by atoms with Gasteiger partial charge in [0.15, 0.2) is 11.6 Å². The Morgan fingerprint density at radius 1 is 1.31 bits per heavy atom. The third kappa shape index (κ3) is 6.10. The summed E-state index contributed by atoms with van der Waals surface area (Å²) in [7, 11) is 0. The van der Waals surface area contributed by atoms with Crippen LogP contribution in [0.15, 0.2) is 39.9 Å². The Bertz CT molecular complexity index is 1020. The molecular formula is C19H19ClN4O4S. The third-order valence-corrected chi connectivity index (χ3v) is 5.07. The topological polar surface area (TPSA) is 110 Å². The zero-order chi connectivity index (χ0) is 20.8. The summed E-state index contributed by atoms with van der Waals surface area (Å²) in [4.78, 5) is 27.5. The largest absolute Gasteiger partial charge is 0.486 e. The van der Waals surface area contributed by atoms with Gasteiger partial charge in [-0.3, -0.25) is 14.7 Å². The molecule has 1 aromatic carbocycles. The van der Waals surface area contributed by atoms with Gasteiger partial charge in [0.1, 0.15) is 18.1 Å². The zero-order valence-electron chi connectivity index (χ0n) is 15.8. The van der Waals surface area contributed by atoms with E-state index >= 15 is 0 Å². The molecule has 10 heteroatoms. The molecule has 29 heavy (non-hydrogen) atoms. The van der Waals surface area contributed by atoms with E-state index in [0.717, 1.165) is 5.56 Å². The lowest BCUT2D eigenvalue weighted by Gasteiger charge is -2.05. The van der Waals surface area contributed by atoms with Crippen molar-refractivity contribution in [1.82, 2.24) is 20.5 Å². The van der Waals surface area contributed by atoms with Gasteiger partial charge in [-0.15, -0.1) is 5.10 Å². The second kappa shape index (κ2) is 9.62. The minimum Gasteiger partial charge on any atom is -0.486 e. The molecule has 3 rings (SSSR count). The monoisotopic (exact) mass is 434 g/mol. The van der Waals surface area contributed by atoms with Crippen LogP contribution in [-0.2, 0) is 17.9 Å². The molecule has 0 aliphatic rings. The second-order valence-corrected chi connectivity index (χ2v) is 7.50. The molecule has 0 fully saturated rings. The Hall–Kier alpha value is -2.78. The van der Waals surface area contributed by atoms with E-state index in [0.29, 0.717) is 27.5 Å². The fourth-order valence-electron chi connectivity index (χ4n) is 2.30. The highest BCUT2D eigenvalue weighted by Gasteiger charge is 2.14. The summed E-state index contributed by atoms with van der Waals surface area (Å²) < 4.78 is 11.1. The Morgan fingerprint density at radius 2 is 2.14 bits per heavy atom. The van der Waals surface area contributed by atoms with Crippen LogP contribution in [0.2, 0.25) is 5.02 Å². The Kier molecular flexibility index (Phi) is 6.95.